The molecule has 1 aromatic carbocycles. The van der Waals surface area contributed by atoms with E-state index in [9.17, 15) is 0 Å². The standard InChI is InChI=1S/C10H12BrCl/c1-2-3-4-8-5-6-9(11)7-10(8)12/h5-7H,2-4H2,1H3. The molecule has 0 fully saturated rings. The van der Waals surface area contributed by atoms with Crippen molar-refractivity contribution in [2.75, 3.05) is 0 Å². The van der Waals surface area contributed by atoms with E-state index >= 15 is 0 Å². The van der Waals surface area contributed by atoms with Crippen LogP contribution < -0.4 is 0 Å². The Morgan fingerprint density at radius 1 is 1.42 bits per heavy atom. The molecule has 0 spiro atoms. The number of rotatable bonds is 3. The Labute approximate surface area is 87.1 Å². The third kappa shape index (κ3) is 2.80. The maximum atomic E-state index is 6.04. The molecule has 0 atom stereocenters. The topological polar surface area (TPSA) is 0 Å². The summed E-state index contributed by atoms with van der Waals surface area (Å²) < 4.78 is 1.05. The van der Waals surface area contributed by atoms with Crippen LogP contribution >= 0.6 is 27.5 Å². The largest absolute Gasteiger partial charge is 0.0840 e. The highest BCUT2D eigenvalue weighted by molar-refractivity contribution is 9.10. The van der Waals surface area contributed by atoms with E-state index < -0.39 is 0 Å². The summed E-state index contributed by atoms with van der Waals surface area (Å²) in [5.41, 5.74) is 1.25. The first-order valence-corrected chi connectivity index (χ1v) is 5.35. The summed E-state index contributed by atoms with van der Waals surface area (Å²) in [6.45, 7) is 2.19. The van der Waals surface area contributed by atoms with Crippen molar-refractivity contribution in [1.29, 1.82) is 0 Å². The Kier molecular flexibility index (Phi) is 4.10. The normalized spacial score (nSPS) is 10.2. The van der Waals surface area contributed by atoms with E-state index in [2.05, 4.69) is 28.9 Å². The van der Waals surface area contributed by atoms with Crippen LogP contribution in [0.25, 0.3) is 0 Å². The molecule has 12 heavy (non-hydrogen) atoms. The van der Waals surface area contributed by atoms with Gasteiger partial charge < -0.3 is 0 Å². The number of unbranched alkanes of at least 4 members (excludes halogenated alkanes) is 1. The van der Waals surface area contributed by atoms with Gasteiger partial charge in [-0.25, -0.2) is 0 Å². The highest BCUT2D eigenvalue weighted by Gasteiger charge is 1.99. The van der Waals surface area contributed by atoms with Crippen molar-refractivity contribution < 1.29 is 0 Å². The fourth-order valence-electron chi connectivity index (χ4n) is 1.09. The van der Waals surface area contributed by atoms with Crippen molar-refractivity contribution in [2.24, 2.45) is 0 Å². The zero-order chi connectivity index (χ0) is 8.97. The molecule has 0 heterocycles. The highest BCUT2D eigenvalue weighted by atomic mass is 79.9. The molecule has 0 N–H and O–H groups in total. The van der Waals surface area contributed by atoms with Gasteiger partial charge in [0.05, 0.1) is 0 Å². The molecule has 0 aliphatic carbocycles. The first-order chi connectivity index (χ1) is 5.74. The molecule has 0 unspecified atom stereocenters. The van der Waals surface area contributed by atoms with Crippen molar-refractivity contribution in [2.45, 2.75) is 26.2 Å². The molecule has 1 rings (SSSR count). The lowest BCUT2D eigenvalue weighted by atomic mass is 10.1. The molecule has 0 bridgehead atoms. The lowest BCUT2D eigenvalue weighted by Crippen LogP contribution is -1.85. The van der Waals surface area contributed by atoms with E-state index in [0.29, 0.717) is 0 Å². The molecule has 0 nitrogen and oxygen atoms in total. The average Bonchev–Trinajstić information content (AvgIpc) is 2.03. The van der Waals surface area contributed by atoms with Gasteiger partial charge in [0.25, 0.3) is 0 Å². The first kappa shape index (κ1) is 10.1. The molecule has 66 valence electrons. The molecule has 0 saturated carbocycles. The van der Waals surface area contributed by atoms with Crippen molar-refractivity contribution in [3.8, 4) is 0 Å². The smallest absolute Gasteiger partial charge is 0.0449 e. The highest BCUT2D eigenvalue weighted by Crippen LogP contribution is 2.22. The summed E-state index contributed by atoms with van der Waals surface area (Å²) in [6.07, 6.45) is 3.51. The SMILES string of the molecule is CCCCc1ccc(Br)cc1Cl. The van der Waals surface area contributed by atoms with Crippen LogP contribution in [-0.2, 0) is 6.42 Å². The molecule has 0 amide bonds. The van der Waals surface area contributed by atoms with Gasteiger partial charge in [-0.2, -0.15) is 0 Å². The zero-order valence-electron chi connectivity index (χ0n) is 7.11. The number of aryl methyl sites for hydroxylation is 1. The number of benzene rings is 1. The molecule has 0 aromatic heterocycles. The van der Waals surface area contributed by atoms with Crippen LogP contribution in [0, 0.1) is 0 Å². The van der Waals surface area contributed by atoms with Crippen LogP contribution in [0.2, 0.25) is 5.02 Å². The predicted octanol–water partition coefficient (Wildman–Crippen LogP) is 4.45. The molecular weight excluding hydrogens is 235 g/mol. The second kappa shape index (κ2) is 4.88. The van der Waals surface area contributed by atoms with Gasteiger partial charge >= 0.3 is 0 Å². The molecule has 0 radical (unpaired) electrons. The number of halogens is 2. The lowest BCUT2D eigenvalue weighted by Gasteiger charge is -2.02. The quantitative estimate of drug-likeness (QED) is 0.740. The van der Waals surface area contributed by atoms with Crippen molar-refractivity contribution in [3.63, 3.8) is 0 Å². The minimum absolute atomic E-state index is 0.873. The van der Waals surface area contributed by atoms with Gasteiger partial charge in [-0.1, -0.05) is 46.9 Å². The minimum Gasteiger partial charge on any atom is -0.0840 e. The second-order valence-electron chi connectivity index (χ2n) is 2.84. The molecule has 0 saturated heterocycles. The Morgan fingerprint density at radius 3 is 2.75 bits per heavy atom. The van der Waals surface area contributed by atoms with Gasteiger partial charge in [0.1, 0.15) is 0 Å². The van der Waals surface area contributed by atoms with Crippen LogP contribution in [0.5, 0.6) is 0 Å². The first-order valence-electron chi connectivity index (χ1n) is 4.18. The number of hydrogen-bond donors (Lipinski definition) is 0. The Bertz CT molecular complexity index is 258. The van der Waals surface area contributed by atoms with E-state index in [-0.39, 0.29) is 0 Å². The lowest BCUT2D eigenvalue weighted by molar-refractivity contribution is 0.795. The fraction of sp³-hybridized carbons (Fsp3) is 0.400. The average molecular weight is 248 g/mol. The summed E-state index contributed by atoms with van der Waals surface area (Å²) >= 11 is 9.42. The van der Waals surface area contributed by atoms with E-state index in [0.717, 1.165) is 15.9 Å². The Hall–Kier alpha value is -0.0100. The molecule has 0 aliphatic rings. The molecule has 2 heteroatoms. The van der Waals surface area contributed by atoms with E-state index in [1.54, 1.807) is 0 Å². The summed E-state index contributed by atoms with van der Waals surface area (Å²) in [5.74, 6) is 0. The third-order valence-corrected chi connectivity index (χ3v) is 2.66. The maximum absolute atomic E-state index is 6.04. The van der Waals surface area contributed by atoms with Gasteiger partial charge in [0.15, 0.2) is 0 Å². The Morgan fingerprint density at radius 2 is 2.17 bits per heavy atom. The van der Waals surface area contributed by atoms with Crippen molar-refractivity contribution >= 4 is 27.5 Å². The molecule has 0 aliphatic heterocycles. The second-order valence-corrected chi connectivity index (χ2v) is 4.16. The zero-order valence-corrected chi connectivity index (χ0v) is 9.45. The van der Waals surface area contributed by atoms with E-state index in [4.69, 9.17) is 11.6 Å². The monoisotopic (exact) mass is 246 g/mol. The van der Waals surface area contributed by atoms with Crippen molar-refractivity contribution in [1.82, 2.24) is 0 Å². The Balaban J connectivity index is 2.72. The third-order valence-electron chi connectivity index (χ3n) is 1.81. The summed E-state index contributed by atoms with van der Waals surface area (Å²) in [6, 6.07) is 6.07. The predicted molar refractivity (Wildman–Crippen MR) is 57.8 cm³/mol. The van der Waals surface area contributed by atoms with Gasteiger partial charge in [0.2, 0.25) is 0 Å². The molecular formula is C10H12BrCl. The van der Waals surface area contributed by atoms with Crippen LogP contribution in [0.3, 0.4) is 0 Å². The van der Waals surface area contributed by atoms with Gasteiger partial charge in [-0.3, -0.25) is 0 Å². The maximum Gasteiger partial charge on any atom is 0.0449 e. The van der Waals surface area contributed by atoms with Crippen LogP contribution in [0.15, 0.2) is 22.7 Å². The van der Waals surface area contributed by atoms with Gasteiger partial charge in [0, 0.05) is 9.50 Å². The van der Waals surface area contributed by atoms with Crippen LogP contribution in [-0.4, -0.2) is 0 Å². The van der Waals surface area contributed by atoms with Crippen LogP contribution in [0.1, 0.15) is 25.3 Å². The fourth-order valence-corrected chi connectivity index (χ4v) is 1.86. The summed E-state index contributed by atoms with van der Waals surface area (Å²) in [4.78, 5) is 0. The summed E-state index contributed by atoms with van der Waals surface area (Å²) in [7, 11) is 0. The summed E-state index contributed by atoms with van der Waals surface area (Å²) in [5, 5.41) is 0.873. The van der Waals surface area contributed by atoms with Gasteiger partial charge in [-0.05, 0) is 30.5 Å². The number of hydrogen-bond acceptors (Lipinski definition) is 0. The van der Waals surface area contributed by atoms with Gasteiger partial charge in [-0.15, -0.1) is 0 Å². The van der Waals surface area contributed by atoms with Crippen molar-refractivity contribution in [3.05, 3.63) is 33.3 Å². The molecule has 1 aromatic rings. The van der Waals surface area contributed by atoms with E-state index in [1.807, 2.05) is 12.1 Å². The minimum atomic E-state index is 0.873. The van der Waals surface area contributed by atoms with Crippen LogP contribution in [0.4, 0.5) is 0 Å². The van der Waals surface area contributed by atoms with E-state index in [1.165, 1.54) is 18.4 Å².